The van der Waals surface area contributed by atoms with E-state index in [2.05, 4.69) is 10.6 Å². The molecule has 0 fully saturated rings. The third kappa shape index (κ3) is 6.06. The topological polar surface area (TPSA) is 71.9 Å². The summed E-state index contributed by atoms with van der Waals surface area (Å²) in [7, 11) is 3.26. The van der Waals surface area contributed by atoms with Crippen LogP contribution in [0.25, 0.3) is 0 Å². The van der Waals surface area contributed by atoms with Crippen molar-refractivity contribution in [2.75, 3.05) is 31.3 Å². The summed E-state index contributed by atoms with van der Waals surface area (Å²) in [4.78, 5) is 26.5. The van der Waals surface area contributed by atoms with Gasteiger partial charge in [-0.15, -0.1) is 0 Å². The molecular formula is C24H24ClFN3O3+. The van der Waals surface area contributed by atoms with E-state index in [1.165, 1.54) is 31.4 Å². The monoisotopic (exact) mass is 456 g/mol. The normalized spacial score (nSPS) is 12.5. The largest absolute Gasteiger partial charge is 0.495 e. The highest BCUT2D eigenvalue weighted by Gasteiger charge is 2.30. The first-order chi connectivity index (χ1) is 15.4. The third-order valence-corrected chi connectivity index (χ3v) is 5.11. The van der Waals surface area contributed by atoms with Gasteiger partial charge in [-0.25, -0.2) is 4.39 Å². The Hall–Kier alpha value is -3.42. The Labute approximate surface area is 191 Å². The Morgan fingerprint density at radius 2 is 1.72 bits per heavy atom. The van der Waals surface area contributed by atoms with E-state index in [0.29, 0.717) is 27.0 Å². The molecule has 0 saturated carbocycles. The molecule has 0 spiro atoms. The second-order valence-corrected chi connectivity index (χ2v) is 7.69. The lowest BCUT2D eigenvalue weighted by Gasteiger charge is -2.24. The first kappa shape index (κ1) is 23.2. The summed E-state index contributed by atoms with van der Waals surface area (Å²) >= 11 is 6.03. The van der Waals surface area contributed by atoms with Gasteiger partial charge in [-0.3, -0.25) is 9.59 Å². The van der Waals surface area contributed by atoms with E-state index in [4.69, 9.17) is 16.3 Å². The number of hydrogen-bond acceptors (Lipinski definition) is 3. The number of rotatable bonds is 8. The number of carbonyl (C=O) groups is 2. The molecule has 0 aliphatic rings. The van der Waals surface area contributed by atoms with Crippen LogP contribution in [0.1, 0.15) is 11.6 Å². The molecule has 0 bridgehead atoms. The van der Waals surface area contributed by atoms with Crippen LogP contribution in [-0.2, 0) is 9.59 Å². The van der Waals surface area contributed by atoms with Crippen LogP contribution in [0.15, 0.2) is 72.8 Å². The predicted molar refractivity (Wildman–Crippen MR) is 123 cm³/mol. The fourth-order valence-corrected chi connectivity index (χ4v) is 3.55. The van der Waals surface area contributed by atoms with Gasteiger partial charge in [0.05, 0.1) is 19.8 Å². The van der Waals surface area contributed by atoms with Crippen LogP contribution < -0.4 is 20.3 Å². The van der Waals surface area contributed by atoms with Crippen molar-refractivity contribution in [2.45, 2.75) is 6.04 Å². The number of halogens is 2. The highest BCUT2D eigenvalue weighted by atomic mass is 35.5. The van der Waals surface area contributed by atoms with Gasteiger partial charge in [-0.1, -0.05) is 41.9 Å². The summed E-state index contributed by atoms with van der Waals surface area (Å²) in [6, 6.07) is 19.0. The molecule has 2 atom stereocenters. The molecule has 0 aliphatic heterocycles. The van der Waals surface area contributed by atoms with Gasteiger partial charge in [0, 0.05) is 16.3 Å². The number of ether oxygens (including phenoxy) is 1. The van der Waals surface area contributed by atoms with Crippen LogP contribution in [0.2, 0.25) is 5.02 Å². The molecule has 3 aromatic carbocycles. The van der Waals surface area contributed by atoms with Crippen molar-refractivity contribution in [3.63, 3.8) is 0 Å². The summed E-state index contributed by atoms with van der Waals surface area (Å²) < 4.78 is 18.5. The van der Waals surface area contributed by atoms with Crippen LogP contribution in [0.3, 0.4) is 0 Å². The molecule has 8 heteroatoms. The Balaban J connectivity index is 1.77. The maximum absolute atomic E-state index is 13.2. The molecule has 6 nitrogen and oxygen atoms in total. The molecule has 0 aliphatic carbocycles. The van der Waals surface area contributed by atoms with E-state index in [1.807, 2.05) is 30.3 Å². The van der Waals surface area contributed by atoms with Crippen molar-refractivity contribution in [1.29, 1.82) is 0 Å². The number of benzene rings is 3. The number of carbonyl (C=O) groups excluding carboxylic acids is 2. The molecule has 2 amide bonds. The average molecular weight is 457 g/mol. The SMILES string of the molecule is COc1ccc(Cl)cc1NC(=O)C[NH+](C)[C@@H](C(=O)Nc1ccc(F)cc1)c1ccccc1. The van der Waals surface area contributed by atoms with E-state index >= 15 is 0 Å². The summed E-state index contributed by atoms with van der Waals surface area (Å²) in [5.41, 5.74) is 1.67. The van der Waals surface area contributed by atoms with E-state index in [9.17, 15) is 14.0 Å². The van der Waals surface area contributed by atoms with Gasteiger partial charge in [0.15, 0.2) is 12.6 Å². The molecule has 32 heavy (non-hydrogen) atoms. The molecular weight excluding hydrogens is 433 g/mol. The van der Waals surface area contributed by atoms with Gasteiger partial charge >= 0.3 is 0 Å². The smallest absolute Gasteiger partial charge is 0.287 e. The quantitative estimate of drug-likeness (QED) is 0.487. The molecule has 3 aromatic rings. The zero-order valence-electron chi connectivity index (χ0n) is 17.7. The summed E-state index contributed by atoms with van der Waals surface area (Å²) in [6.07, 6.45) is 0. The second kappa shape index (κ2) is 10.7. The summed E-state index contributed by atoms with van der Waals surface area (Å²) in [6.45, 7) is 0.00602. The number of quaternary nitrogens is 1. The zero-order chi connectivity index (χ0) is 23.1. The Bertz CT molecular complexity index is 1080. The molecule has 166 valence electrons. The number of likely N-dealkylation sites (N-methyl/N-ethyl adjacent to an activating group) is 1. The maximum Gasteiger partial charge on any atom is 0.287 e. The van der Waals surface area contributed by atoms with E-state index < -0.39 is 11.9 Å². The number of anilines is 2. The van der Waals surface area contributed by atoms with Crippen molar-refractivity contribution in [3.8, 4) is 5.75 Å². The minimum Gasteiger partial charge on any atom is -0.495 e. The fraction of sp³-hybridized carbons (Fsp3) is 0.167. The Morgan fingerprint density at radius 3 is 2.38 bits per heavy atom. The van der Waals surface area contributed by atoms with E-state index in [-0.39, 0.29) is 18.4 Å². The third-order valence-electron chi connectivity index (χ3n) is 4.87. The molecule has 0 heterocycles. The lowest BCUT2D eigenvalue weighted by atomic mass is 10.0. The van der Waals surface area contributed by atoms with Crippen molar-refractivity contribution in [1.82, 2.24) is 0 Å². The minimum absolute atomic E-state index is 0.00602. The second-order valence-electron chi connectivity index (χ2n) is 7.26. The van der Waals surface area contributed by atoms with Crippen LogP contribution in [0, 0.1) is 5.82 Å². The van der Waals surface area contributed by atoms with Gasteiger partial charge in [-0.05, 0) is 42.5 Å². The lowest BCUT2D eigenvalue weighted by molar-refractivity contribution is -0.893. The van der Waals surface area contributed by atoms with Crippen LogP contribution in [0.5, 0.6) is 5.75 Å². The molecule has 0 radical (unpaired) electrons. The predicted octanol–water partition coefficient (Wildman–Crippen LogP) is 3.32. The van der Waals surface area contributed by atoms with Crippen LogP contribution in [-0.4, -0.2) is 32.5 Å². The molecule has 1 unspecified atom stereocenters. The van der Waals surface area contributed by atoms with Gasteiger partial charge in [0.1, 0.15) is 11.6 Å². The molecule has 0 aromatic heterocycles. The first-order valence-electron chi connectivity index (χ1n) is 9.94. The van der Waals surface area contributed by atoms with Crippen molar-refractivity contribution >= 4 is 34.8 Å². The van der Waals surface area contributed by atoms with Gasteiger partial charge in [0.25, 0.3) is 11.8 Å². The summed E-state index contributed by atoms with van der Waals surface area (Å²) in [5.74, 6) is -0.528. The number of hydrogen-bond donors (Lipinski definition) is 3. The Kier molecular flexibility index (Phi) is 7.81. The maximum atomic E-state index is 13.2. The van der Waals surface area contributed by atoms with Gasteiger partial charge < -0.3 is 20.3 Å². The first-order valence-corrected chi connectivity index (χ1v) is 10.3. The van der Waals surface area contributed by atoms with Crippen LogP contribution in [0.4, 0.5) is 15.8 Å². The molecule has 3 rings (SSSR count). The van der Waals surface area contributed by atoms with Gasteiger partial charge in [0.2, 0.25) is 0 Å². The number of methoxy groups -OCH3 is 1. The van der Waals surface area contributed by atoms with Crippen molar-refractivity contribution in [2.24, 2.45) is 0 Å². The van der Waals surface area contributed by atoms with Gasteiger partial charge in [-0.2, -0.15) is 0 Å². The highest BCUT2D eigenvalue weighted by molar-refractivity contribution is 6.31. The minimum atomic E-state index is -0.673. The average Bonchev–Trinajstić information content (AvgIpc) is 2.76. The molecule has 3 N–H and O–H groups in total. The molecule has 0 saturated heterocycles. The zero-order valence-corrected chi connectivity index (χ0v) is 18.4. The lowest BCUT2D eigenvalue weighted by Crippen LogP contribution is -3.11. The number of amides is 2. The van der Waals surface area contributed by atoms with Crippen molar-refractivity contribution in [3.05, 3.63) is 89.2 Å². The fourth-order valence-electron chi connectivity index (χ4n) is 3.38. The van der Waals surface area contributed by atoms with Crippen LogP contribution >= 0.6 is 11.6 Å². The Morgan fingerprint density at radius 1 is 1.03 bits per heavy atom. The number of nitrogens with one attached hydrogen (secondary N) is 3. The van der Waals surface area contributed by atoms with Crippen molar-refractivity contribution < 1.29 is 23.6 Å². The highest BCUT2D eigenvalue weighted by Crippen LogP contribution is 2.27. The van der Waals surface area contributed by atoms with E-state index in [1.54, 1.807) is 25.2 Å². The van der Waals surface area contributed by atoms with E-state index in [0.717, 1.165) is 5.56 Å². The standard InChI is InChI=1S/C24H23ClFN3O3/c1-29(15-22(30)28-20-14-17(25)8-13-21(20)32-2)23(16-6-4-3-5-7-16)24(31)27-19-11-9-18(26)10-12-19/h3-14,23H,15H2,1-2H3,(H,27,31)(H,28,30)/p+1/t23-/m1/s1. The summed E-state index contributed by atoms with van der Waals surface area (Å²) in [5, 5.41) is 6.05.